The number of aliphatic hydroxyl groups excluding tert-OH is 1. The number of hydrogen-bond donors (Lipinski definition) is 2. The van der Waals surface area contributed by atoms with E-state index in [0.717, 1.165) is 11.1 Å². The highest BCUT2D eigenvalue weighted by Crippen LogP contribution is 2.22. The second-order valence-corrected chi connectivity index (χ2v) is 6.46. The van der Waals surface area contributed by atoms with Gasteiger partial charge in [-0.15, -0.1) is 0 Å². The van der Waals surface area contributed by atoms with Crippen LogP contribution in [0.3, 0.4) is 0 Å². The van der Waals surface area contributed by atoms with Gasteiger partial charge in [0.15, 0.2) is 11.9 Å². The summed E-state index contributed by atoms with van der Waals surface area (Å²) in [4.78, 5) is 23.3. The zero-order chi connectivity index (χ0) is 19.9. The summed E-state index contributed by atoms with van der Waals surface area (Å²) >= 11 is 0. The number of ether oxygens (including phenoxy) is 2. The number of Topliss-reactive ketones (excluding diaryl/α,β-unsaturated/α-hetero) is 1. The van der Waals surface area contributed by atoms with Gasteiger partial charge in [-0.25, -0.2) is 4.79 Å². The fourth-order valence-electron chi connectivity index (χ4n) is 2.94. The van der Waals surface area contributed by atoms with Crippen molar-refractivity contribution < 1.29 is 24.2 Å². The van der Waals surface area contributed by atoms with E-state index in [2.05, 4.69) is 5.43 Å². The minimum absolute atomic E-state index is 0.116. The van der Waals surface area contributed by atoms with Gasteiger partial charge in [-0.3, -0.25) is 9.80 Å². The second kappa shape index (κ2) is 9.23. The molecule has 2 N–H and O–H groups in total. The molecule has 28 heavy (non-hydrogen) atoms. The lowest BCUT2D eigenvalue weighted by molar-refractivity contribution is -0.152. The third-order valence-electron chi connectivity index (χ3n) is 4.39. The molecule has 0 bridgehead atoms. The SMILES string of the molecule is CCOC(=O)C(O)Cc1ccc(OCCN2C=C3C=CCC(=O)C3=CN2)cc1. The molecule has 1 heterocycles. The summed E-state index contributed by atoms with van der Waals surface area (Å²) in [6.45, 7) is 2.99. The van der Waals surface area contributed by atoms with Crippen molar-refractivity contribution in [2.75, 3.05) is 19.8 Å². The van der Waals surface area contributed by atoms with E-state index in [1.165, 1.54) is 0 Å². The third kappa shape index (κ3) is 5.01. The number of hydrazine groups is 1. The van der Waals surface area contributed by atoms with Gasteiger partial charge >= 0.3 is 5.97 Å². The number of carbonyl (C=O) groups is 2. The number of aliphatic hydroxyl groups is 1. The predicted octanol–water partition coefficient (Wildman–Crippen LogP) is 1.65. The highest BCUT2D eigenvalue weighted by atomic mass is 16.5. The van der Waals surface area contributed by atoms with Gasteiger partial charge in [0.1, 0.15) is 12.4 Å². The summed E-state index contributed by atoms with van der Waals surface area (Å²) in [6, 6.07) is 7.23. The van der Waals surface area contributed by atoms with Crippen molar-refractivity contribution in [3.63, 3.8) is 0 Å². The number of allylic oxidation sites excluding steroid dienone is 4. The standard InChI is InChI=1S/C21H24N2O5/c1-2-27-21(26)20(25)12-15-6-8-17(9-7-15)28-11-10-23-14-16-4-3-5-19(24)18(16)13-22-23/h3-4,6-9,13-14,20,22,25H,2,5,10-12H2,1H3. The summed E-state index contributed by atoms with van der Waals surface area (Å²) in [7, 11) is 0. The smallest absolute Gasteiger partial charge is 0.335 e. The molecule has 2 aliphatic rings. The van der Waals surface area contributed by atoms with Gasteiger partial charge in [-0.05, 0) is 24.6 Å². The van der Waals surface area contributed by atoms with E-state index in [1.807, 2.05) is 35.5 Å². The van der Waals surface area contributed by atoms with Crippen LogP contribution in [0, 0.1) is 0 Å². The second-order valence-electron chi connectivity index (χ2n) is 6.46. The van der Waals surface area contributed by atoms with Crippen molar-refractivity contribution in [3.8, 4) is 5.75 Å². The fraction of sp³-hybridized carbons (Fsp3) is 0.333. The molecule has 7 nitrogen and oxygen atoms in total. The van der Waals surface area contributed by atoms with Crippen molar-refractivity contribution >= 4 is 11.8 Å². The number of nitrogens with zero attached hydrogens (tertiary/aromatic N) is 1. The highest BCUT2D eigenvalue weighted by Gasteiger charge is 2.20. The highest BCUT2D eigenvalue weighted by molar-refractivity contribution is 6.02. The number of ketones is 1. The first-order chi connectivity index (χ1) is 13.6. The van der Waals surface area contributed by atoms with E-state index in [1.54, 1.807) is 25.3 Å². The first kappa shape index (κ1) is 19.7. The molecule has 0 fully saturated rings. The molecule has 1 aromatic carbocycles. The fourth-order valence-corrected chi connectivity index (χ4v) is 2.94. The molecule has 0 saturated heterocycles. The molecular formula is C21H24N2O5. The number of fused-ring (bicyclic) bond motifs is 1. The molecule has 0 aromatic heterocycles. The minimum atomic E-state index is -1.16. The van der Waals surface area contributed by atoms with Gasteiger partial charge in [-0.1, -0.05) is 24.3 Å². The Morgan fingerprint density at radius 3 is 2.86 bits per heavy atom. The number of nitrogens with one attached hydrogen (secondary N) is 1. The molecule has 0 amide bonds. The van der Waals surface area contributed by atoms with Crippen LogP contribution in [-0.2, 0) is 20.7 Å². The zero-order valence-corrected chi connectivity index (χ0v) is 15.8. The molecule has 0 radical (unpaired) electrons. The van der Waals surface area contributed by atoms with Crippen LogP contribution in [0.15, 0.2) is 60.0 Å². The van der Waals surface area contributed by atoms with Gasteiger partial charge in [-0.2, -0.15) is 0 Å². The zero-order valence-electron chi connectivity index (χ0n) is 15.8. The van der Waals surface area contributed by atoms with E-state index in [0.29, 0.717) is 30.9 Å². The van der Waals surface area contributed by atoms with Crippen LogP contribution in [0.2, 0.25) is 0 Å². The van der Waals surface area contributed by atoms with Crippen LogP contribution in [0.25, 0.3) is 0 Å². The number of hydrogen-bond acceptors (Lipinski definition) is 7. The summed E-state index contributed by atoms with van der Waals surface area (Å²) in [5.41, 5.74) is 5.51. The van der Waals surface area contributed by atoms with E-state index in [9.17, 15) is 14.7 Å². The molecule has 1 atom stereocenters. The molecule has 0 saturated carbocycles. The third-order valence-corrected chi connectivity index (χ3v) is 4.39. The van der Waals surface area contributed by atoms with Gasteiger partial charge in [0.2, 0.25) is 0 Å². The van der Waals surface area contributed by atoms with Crippen molar-refractivity contribution in [2.24, 2.45) is 0 Å². The van der Waals surface area contributed by atoms with Gasteiger partial charge in [0, 0.05) is 36.4 Å². The predicted molar refractivity (Wildman–Crippen MR) is 103 cm³/mol. The lowest BCUT2D eigenvalue weighted by atomic mass is 9.95. The summed E-state index contributed by atoms with van der Waals surface area (Å²) < 4.78 is 10.5. The first-order valence-electron chi connectivity index (χ1n) is 9.28. The van der Waals surface area contributed by atoms with Crippen LogP contribution in [0.4, 0.5) is 0 Å². The van der Waals surface area contributed by atoms with Crippen LogP contribution in [0.1, 0.15) is 18.9 Å². The largest absolute Gasteiger partial charge is 0.492 e. The maximum absolute atomic E-state index is 11.8. The van der Waals surface area contributed by atoms with Crippen molar-refractivity contribution in [1.82, 2.24) is 10.4 Å². The van der Waals surface area contributed by atoms with Crippen LogP contribution in [-0.4, -0.2) is 47.7 Å². The Morgan fingerprint density at radius 1 is 1.32 bits per heavy atom. The Balaban J connectivity index is 1.45. The quantitative estimate of drug-likeness (QED) is 0.659. The van der Waals surface area contributed by atoms with Crippen LogP contribution in [0.5, 0.6) is 5.75 Å². The van der Waals surface area contributed by atoms with Gasteiger partial charge in [0.25, 0.3) is 0 Å². The summed E-state index contributed by atoms with van der Waals surface area (Å²) in [5, 5.41) is 11.7. The maximum Gasteiger partial charge on any atom is 0.335 e. The molecule has 3 rings (SSSR count). The van der Waals surface area contributed by atoms with E-state index >= 15 is 0 Å². The summed E-state index contributed by atoms with van der Waals surface area (Å²) in [6.07, 6.45) is 6.92. The molecule has 1 aromatic rings. The molecular weight excluding hydrogens is 360 g/mol. The molecule has 1 unspecified atom stereocenters. The Morgan fingerprint density at radius 2 is 2.11 bits per heavy atom. The molecule has 148 valence electrons. The van der Waals surface area contributed by atoms with Crippen molar-refractivity contribution in [3.05, 3.63) is 65.5 Å². The maximum atomic E-state index is 11.8. The van der Waals surface area contributed by atoms with E-state index < -0.39 is 12.1 Å². The van der Waals surface area contributed by atoms with Crippen molar-refractivity contribution in [1.29, 1.82) is 0 Å². The average molecular weight is 384 g/mol. The molecule has 1 aliphatic carbocycles. The Hall–Kier alpha value is -3.06. The summed E-state index contributed by atoms with van der Waals surface area (Å²) in [5.74, 6) is 0.200. The number of benzene rings is 1. The number of carbonyl (C=O) groups excluding carboxylic acids is 2. The van der Waals surface area contributed by atoms with Crippen molar-refractivity contribution in [2.45, 2.75) is 25.9 Å². The van der Waals surface area contributed by atoms with Crippen LogP contribution < -0.4 is 10.2 Å². The Kier molecular flexibility index (Phi) is 6.49. The Bertz CT molecular complexity index is 811. The van der Waals surface area contributed by atoms with E-state index in [-0.39, 0.29) is 18.8 Å². The van der Waals surface area contributed by atoms with E-state index in [4.69, 9.17) is 9.47 Å². The average Bonchev–Trinajstić information content (AvgIpc) is 2.69. The topological polar surface area (TPSA) is 88.1 Å². The minimum Gasteiger partial charge on any atom is -0.492 e. The monoisotopic (exact) mass is 384 g/mol. The van der Waals surface area contributed by atoms with Crippen LogP contribution >= 0.6 is 0 Å². The van der Waals surface area contributed by atoms with Gasteiger partial charge in [0.05, 0.1) is 13.2 Å². The van der Waals surface area contributed by atoms with Gasteiger partial charge < -0.3 is 20.0 Å². The lowest BCUT2D eigenvalue weighted by Gasteiger charge is -2.27. The number of esters is 1. The normalized spacial score (nSPS) is 16.5. The molecule has 7 heteroatoms. The Labute approximate surface area is 163 Å². The number of rotatable bonds is 8. The molecule has 0 spiro atoms. The lowest BCUT2D eigenvalue weighted by Crippen LogP contribution is -2.37. The first-order valence-corrected chi connectivity index (χ1v) is 9.28. The molecule has 1 aliphatic heterocycles.